The minimum absolute atomic E-state index is 0.292. The van der Waals surface area contributed by atoms with Gasteiger partial charge in [0.05, 0.1) is 0 Å². The SMILES string of the molecule is Fc1ccc(Nc2nccc(Oc3cccc4ccccc34)n2)cc1. The number of nitrogens with zero attached hydrogens (tertiary/aromatic N) is 2. The van der Waals surface area contributed by atoms with E-state index >= 15 is 0 Å². The zero-order chi connectivity index (χ0) is 17.1. The van der Waals surface area contributed by atoms with Crippen LogP contribution in [0.25, 0.3) is 10.8 Å². The zero-order valence-corrected chi connectivity index (χ0v) is 13.2. The standard InChI is InChI=1S/C20H14FN3O/c21-15-8-10-16(11-9-15)23-20-22-13-12-19(24-20)25-18-7-3-5-14-4-1-2-6-17(14)18/h1-13H,(H,22,23,24). The van der Waals surface area contributed by atoms with Gasteiger partial charge in [0.25, 0.3) is 0 Å². The van der Waals surface area contributed by atoms with Gasteiger partial charge in [-0.2, -0.15) is 4.98 Å². The first-order valence-corrected chi connectivity index (χ1v) is 7.79. The highest BCUT2D eigenvalue weighted by Gasteiger charge is 2.06. The van der Waals surface area contributed by atoms with Gasteiger partial charge in [-0.15, -0.1) is 0 Å². The number of aromatic nitrogens is 2. The molecule has 5 heteroatoms. The molecule has 4 aromatic rings. The summed E-state index contributed by atoms with van der Waals surface area (Å²) in [5.41, 5.74) is 0.698. The summed E-state index contributed by atoms with van der Waals surface area (Å²) in [7, 11) is 0. The van der Waals surface area contributed by atoms with Crippen molar-refractivity contribution >= 4 is 22.4 Å². The van der Waals surface area contributed by atoms with E-state index < -0.39 is 0 Å². The van der Waals surface area contributed by atoms with Crippen LogP contribution in [0.2, 0.25) is 0 Å². The van der Waals surface area contributed by atoms with E-state index in [2.05, 4.69) is 15.3 Å². The van der Waals surface area contributed by atoms with Crippen molar-refractivity contribution in [3.8, 4) is 11.6 Å². The summed E-state index contributed by atoms with van der Waals surface area (Å²) in [6.45, 7) is 0. The average Bonchev–Trinajstić information content (AvgIpc) is 2.64. The minimum atomic E-state index is -0.292. The van der Waals surface area contributed by atoms with Crippen LogP contribution in [-0.4, -0.2) is 9.97 Å². The largest absolute Gasteiger partial charge is 0.438 e. The molecule has 0 atom stereocenters. The summed E-state index contributed by atoms with van der Waals surface area (Å²) in [5, 5.41) is 5.13. The third-order valence-electron chi connectivity index (χ3n) is 3.69. The Labute approximate surface area is 143 Å². The number of hydrogen-bond donors (Lipinski definition) is 1. The number of benzene rings is 3. The summed E-state index contributed by atoms with van der Waals surface area (Å²) in [6, 6.07) is 21.5. The van der Waals surface area contributed by atoms with E-state index in [1.807, 2.05) is 42.5 Å². The maximum Gasteiger partial charge on any atom is 0.230 e. The van der Waals surface area contributed by atoms with Gasteiger partial charge < -0.3 is 10.1 Å². The molecule has 1 N–H and O–H groups in total. The quantitative estimate of drug-likeness (QED) is 0.551. The Morgan fingerprint density at radius 3 is 2.52 bits per heavy atom. The predicted octanol–water partition coefficient (Wildman–Crippen LogP) is 5.30. The molecule has 0 aliphatic heterocycles. The Kier molecular flexibility index (Phi) is 3.96. The maximum atomic E-state index is 13.0. The fourth-order valence-corrected chi connectivity index (χ4v) is 2.52. The van der Waals surface area contributed by atoms with Gasteiger partial charge in [0.1, 0.15) is 11.6 Å². The smallest absolute Gasteiger partial charge is 0.230 e. The van der Waals surface area contributed by atoms with Crippen molar-refractivity contribution in [2.45, 2.75) is 0 Å². The number of anilines is 2. The molecule has 0 saturated carbocycles. The molecule has 122 valence electrons. The van der Waals surface area contributed by atoms with Gasteiger partial charge in [0, 0.05) is 23.3 Å². The van der Waals surface area contributed by atoms with Gasteiger partial charge in [0.15, 0.2) is 0 Å². The molecule has 4 rings (SSSR count). The number of rotatable bonds is 4. The topological polar surface area (TPSA) is 47.0 Å². The van der Waals surface area contributed by atoms with Crippen LogP contribution in [0.3, 0.4) is 0 Å². The van der Waals surface area contributed by atoms with E-state index in [4.69, 9.17) is 4.74 Å². The van der Waals surface area contributed by atoms with E-state index in [0.717, 1.165) is 16.5 Å². The molecule has 0 aliphatic carbocycles. The van der Waals surface area contributed by atoms with Crippen LogP contribution in [-0.2, 0) is 0 Å². The predicted molar refractivity (Wildman–Crippen MR) is 95.7 cm³/mol. The Hall–Kier alpha value is -3.47. The van der Waals surface area contributed by atoms with Crippen molar-refractivity contribution in [2.24, 2.45) is 0 Å². The molecule has 4 nitrogen and oxygen atoms in total. The number of nitrogens with one attached hydrogen (secondary N) is 1. The molecule has 3 aromatic carbocycles. The second-order valence-corrected chi connectivity index (χ2v) is 5.43. The first kappa shape index (κ1) is 15.1. The fraction of sp³-hybridized carbons (Fsp3) is 0. The summed E-state index contributed by atoms with van der Waals surface area (Å²) in [4.78, 5) is 8.52. The second kappa shape index (κ2) is 6.57. The summed E-state index contributed by atoms with van der Waals surface area (Å²) in [6.07, 6.45) is 1.61. The summed E-state index contributed by atoms with van der Waals surface area (Å²) < 4.78 is 18.9. The van der Waals surface area contributed by atoms with Crippen LogP contribution in [0, 0.1) is 5.82 Å². The molecule has 25 heavy (non-hydrogen) atoms. The Bertz CT molecular complexity index is 1010. The van der Waals surface area contributed by atoms with Gasteiger partial charge >= 0.3 is 0 Å². The highest BCUT2D eigenvalue weighted by atomic mass is 19.1. The fourth-order valence-electron chi connectivity index (χ4n) is 2.52. The average molecular weight is 331 g/mol. The summed E-state index contributed by atoms with van der Waals surface area (Å²) in [5.74, 6) is 1.24. The molecule has 0 aliphatic rings. The van der Waals surface area contributed by atoms with Crippen LogP contribution in [0.15, 0.2) is 79.0 Å². The molecule has 0 unspecified atom stereocenters. The molecular formula is C20H14FN3O. The lowest BCUT2D eigenvalue weighted by molar-refractivity contribution is 0.468. The van der Waals surface area contributed by atoms with E-state index in [1.165, 1.54) is 12.1 Å². The Balaban J connectivity index is 1.60. The molecule has 1 heterocycles. The van der Waals surface area contributed by atoms with Crippen LogP contribution in [0.5, 0.6) is 11.6 Å². The molecule has 0 spiro atoms. The molecule has 1 aromatic heterocycles. The first-order valence-electron chi connectivity index (χ1n) is 7.79. The Morgan fingerprint density at radius 1 is 0.840 bits per heavy atom. The van der Waals surface area contributed by atoms with Crippen molar-refractivity contribution in [1.29, 1.82) is 0 Å². The normalized spacial score (nSPS) is 10.6. The van der Waals surface area contributed by atoms with Crippen molar-refractivity contribution in [3.05, 3.63) is 84.8 Å². The third kappa shape index (κ3) is 3.40. The number of hydrogen-bond acceptors (Lipinski definition) is 4. The molecule has 0 saturated heterocycles. The molecule has 0 bridgehead atoms. The maximum absolute atomic E-state index is 13.0. The van der Waals surface area contributed by atoms with Crippen LogP contribution in [0.1, 0.15) is 0 Å². The monoisotopic (exact) mass is 331 g/mol. The lowest BCUT2D eigenvalue weighted by atomic mass is 10.1. The van der Waals surface area contributed by atoms with Crippen molar-refractivity contribution in [3.63, 3.8) is 0 Å². The highest BCUT2D eigenvalue weighted by Crippen LogP contribution is 2.29. The van der Waals surface area contributed by atoms with Crippen molar-refractivity contribution < 1.29 is 9.13 Å². The van der Waals surface area contributed by atoms with E-state index in [-0.39, 0.29) is 5.82 Å². The van der Waals surface area contributed by atoms with Gasteiger partial charge in [0.2, 0.25) is 11.8 Å². The van der Waals surface area contributed by atoms with E-state index in [9.17, 15) is 4.39 Å². The van der Waals surface area contributed by atoms with Crippen molar-refractivity contribution in [1.82, 2.24) is 9.97 Å². The van der Waals surface area contributed by atoms with Gasteiger partial charge in [-0.25, -0.2) is 9.37 Å². The first-order chi connectivity index (χ1) is 12.3. The number of halogens is 1. The molecular weight excluding hydrogens is 317 g/mol. The minimum Gasteiger partial charge on any atom is -0.438 e. The van der Waals surface area contributed by atoms with E-state index in [1.54, 1.807) is 24.4 Å². The van der Waals surface area contributed by atoms with Crippen LogP contribution < -0.4 is 10.1 Å². The highest BCUT2D eigenvalue weighted by molar-refractivity contribution is 5.88. The second-order valence-electron chi connectivity index (χ2n) is 5.43. The summed E-state index contributed by atoms with van der Waals surface area (Å²) >= 11 is 0. The zero-order valence-electron chi connectivity index (χ0n) is 13.2. The lowest BCUT2D eigenvalue weighted by Crippen LogP contribution is -1.98. The van der Waals surface area contributed by atoms with Gasteiger partial charge in [-0.05, 0) is 35.7 Å². The molecule has 0 amide bonds. The molecule has 0 fully saturated rings. The Morgan fingerprint density at radius 2 is 1.64 bits per heavy atom. The lowest BCUT2D eigenvalue weighted by Gasteiger charge is -2.09. The van der Waals surface area contributed by atoms with Crippen LogP contribution >= 0.6 is 0 Å². The van der Waals surface area contributed by atoms with Crippen LogP contribution in [0.4, 0.5) is 16.0 Å². The van der Waals surface area contributed by atoms with Gasteiger partial charge in [-0.1, -0.05) is 36.4 Å². The number of ether oxygens (including phenoxy) is 1. The number of fused-ring (bicyclic) bond motifs is 1. The van der Waals surface area contributed by atoms with Gasteiger partial charge in [-0.3, -0.25) is 0 Å². The third-order valence-corrected chi connectivity index (χ3v) is 3.69. The van der Waals surface area contributed by atoms with E-state index in [0.29, 0.717) is 17.5 Å². The molecule has 0 radical (unpaired) electrons. The van der Waals surface area contributed by atoms with Crippen molar-refractivity contribution in [2.75, 3.05) is 5.32 Å².